The summed E-state index contributed by atoms with van der Waals surface area (Å²) in [6.45, 7) is 5.44. The molecule has 1 rings (SSSR count). The van der Waals surface area contributed by atoms with Gasteiger partial charge in [0.2, 0.25) is 0 Å². The summed E-state index contributed by atoms with van der Waals surface area (Å²) in [6.07, 6.45) is 0. The van der Waals surface area contributed by atoms with E-state index >= 15 is 0 Å². The van der Waals surface area contributed by atoms with Crippen LogP contribution in [-0.4, -0.2) is 12.6 Å². The maximum atomic E-state index is 13.1. The molecule has 82 valence electrons. The standard InChI is InChI=1S/C13H11FO2/c1-10(2)9-16-13(15)8-7-11-5-3-4-6-12(11)14/h3-6H,1,9H2,2H3. The molecule has 0 saturated heterocycles. The average Bonchev–Trinajstić information content (AvgIpc) is 2.25. The first-order chi connectivity index (χ1) is 7.59. The second kappa shape index (κ2) is 5.72. The summed E-state index contributed by atoms with van der Waals surface area (Å²) >= 11 is 0. The third-order valence-corrected chi connectivity index (χ3v) is 1.62. The zero-order valence-electron chi connectivity index (χ0n) is 8.92. The molecule has 2 nitrogen and oxygen atoms in total. The molecule has 0 unspecified atom stereocenters. The van der Waals surface area contributed by atoms with Gasteiger partial charge >= 0.3 is 5.97 Å². The van der Waals surface area contributed by atoms with Crippen LogP contribution < -0.4 is 0 Å². The van der Waals surface area contributed by atoms with Crippen molar-refractivity contribution in [3.8, 4) is 11.8 Å². The van der Waals surface area contributed by atoms with E-state index in [9.17, 15) is 9.18 Å². The topological polar surface area (TPSA) is 26.3 Å². The van der Waals surface area contributed by atoms with Crippen LogP contribution in [-0.2, 0) is 9.53 Å². The quantitative estimate of drug-likeness (QED) is 0.432. The van der Waals surface area contributed by atoms with Gasteiger partial charge in [-0.2, -0.15) is 0 Å². The minimum atomic E-state index is -0.689. The van der Waals surface area contributed by atoms with Crippen LogP contribution in [0.1, 0.15) is 12.5 Å². The van der Waals surface area contributed by atoms with Gasteiger partial charge in [-0.3, -0.25) is 0 Å². The Hall–Kier alpha value is -2.08. The van der Waals surface area contributed by atoms with E-state index in [1.54, 1.807) is 19.1 Å². The fourth-order valence-electron chi connectivity index (χ4n) is 0.906. The van der Waals surface area contributed by atoms with E-state index in [2.05, 4.69) is 18.4 Å². The number of benzene rings is 1. The Morgan fingerprint density at radius 1 is 1.50 bits per heavy atom. The second-order valence-electron chi connectivity index (χ2n) is 3.26. The Labute approximate surface area is 93.7 Å². The number of hydrogen-bond acceptors (Lipinski definition) is 2. The largest absolute Gasteiger partial charge is 0.452 e. The van der Waals surface area contributed by atoms with Gasteiger partial charge in [0.15, 0.2) is 0 Å². The fourth-order valence-corrected chi connectivity index (χ4v) is 0.906. The number of halogens is 1. The number of carbonyl (C=O) groups excluding carboxylic acids is 1. The van der Waals surface area contributed by atoms with Gasteiger partial charge in [-0.15, -0.1) is 0 Å². The Bertz CT molecular complexity index is 466. The minimum Gasteiger partial charge on any atom is -0.452 e. The first kappa shape index (κ1) is 12.0. The summed E-state index contributed by atoms with van der Waals surface area (Å²) in [5.41, 5.74) is 0.899. The molecule has 16 heavy (non-hydrogen) atoms. The summed E-state index contributed by atoms with van der Waals surface area (Å²) < 4.78 is 17.8. The van der Waals surface area contributed by atoms with Crippen molar-refractivity contribution in [1.82, 2.24) is 0 Å². The fraction of sp³-hybridized carbons (Fsp3) is 0.154. The van der Waals surface area contributed by atoms with E-state index in [0.29, 0.717) is 0 Å². The molecule has 0 heterocycles. The number of rotatable bonds is 2. The predicted molar refractivity (Wildman–Crippen MR) is 59.1 cm³/mol. The molecular formula is C13H11FO2. The van der Waals surface area contributed by atoms with Crippen LogP contribution in [0.3, 0.4) is 0 Å². The zero-order valence-corrected chi connectivity index (χ0v) is 8.92. The lowest BCUT2D eigenvalue weighted by Gasteiger charge is -1.97. The van der Waals surface area contributed by atoms with Gasteiger partial charge in [0.05, 0.1) is 5.56 Å². The van der Waals surface area contributed by atoms with Crippen LogP contribution in [0.4, 0.5) is 4.39 Å². The lowest BCUT2D eigenvalue weighted by Crippen LogP contribution is -2.03. The van der Waals surface area contributed by atoms with Crippen molar-refractivity contribution in [2.45, 2.75) is 6.92 Å². The third-order valence-electron chi connectivity index (χ3n) is 1.62. The summed E-state index contributed by atoms with van der Waals surface area (Å²) in [6, 6.07) is 5.98. The van der Waals surface area contributed by atoms with Gasteiger partial charge in [-0.05, 0) is 24.6 Å². The maximum Gasteiger partial charge on any atom is 0.385 e. The van der Waals surface area contributed by atoms with Gasteiger partial charge in [-0.1, -0.05) is 24.6 Å². The van der Waals surface area contributed by atoms with Gasteiger partial charge in [0.25, 0.3) is 0 Å². The van der Waals surface area contributed by atoms with Crippen LogP contribution in [0.15, 0.2) is 36.4 Å². The monoisotopic (exact) mass is 218 g/mol. The zero-order chi connectivity index (χ0) is 12.0. The highest BCUT2D eigenvalue weighted by Crippen LogP contribution is 2.03. The lowest BCUT2D eigenvalue weighted by atomic mass is 10.2. The molecule has 0 aliphatic carbocycles. The first-order valence-corrected chi connectivity index (χ1v) is 4.67. The van der Waals surface area contributed by atoms with E-state index in [4.69, 9.17) is 4.74 Å². The molecule has 0 fully saturated rings. The smallest absolute Gasteiger partial charge is 0.385 e. The van der Waals surface area contributed by atoms with E-state index in [-0.39, 0.29) is 12.2 Å². The molecule has 3 heteroatoms. The highest BCUT2D eigenvalue weighted by Gasteiger charge is 1.98. The average molecular weight is 218 g/mol. The van der Waals surface area contributed by atoms with Gasteiger partial charge in [-0.25, -0.2) is 9.18 Å². The van der Waals surface area contributed by atoms with Crippen molar-refractivity contribution < 1.29 is 13.9 Å². The minimum absolute atomic E-state index is 0.130. The molecule has 0 atom stereocenters. The molecule has 0 saturated carbocycles. The molecule has 1 aromatic rings. The van der Waals surface area contributed by atoms with Crippen LogP contribution in [0.25, 0.3) is 0 Å². The Morgan fingerprint density at radius 3 is 2.81 bits per heavy atom. The Balaban J connectivity index is 2.64. The Kier molecular flexibility index (Phi) is 4.28. The summed E-state index contributed by atoms with van der Waals surface area (Å²) in [5.74, 6) is 3.47. The van der Waals surface area contributed by atoms with Crippen molar-refractivity contribution in [2.75, 3.05) is 6.61 Å². The molecule has 0 aromatic heterocycles. The van der Waals surface area contributed by atoms with E-state index in [0.717, 1.165) is 5.57 Å². The third kappa shape index (κ3) is 3.97. The summed E-state index contributed by atoms with van der Waals surface area (Å²) in [7, 11) is 0. The molecule has 1 aromatic carbocycles. The molecule has 0 aliphatic heterocycles. The molecule has 0 N–H and O–H groups in total. The highest BCUT2D eigenvalue weighted by atomic mass is 19.1. The maximum absolute atomic E-state index is 13.1. The highest BCUT2D eigenvalue weighted by molar-refractivity contribution is 5.89. The number of ether oxygens (including phenoxy) is 1. The SMILES string of the molecule is C=C(C)COC(=O)C#Cc1ccccc1F. The van der Waals surface area contributed by atoms with Gasteiger partial charge in [0, 0.05) is 5.92 Å². The summed E-state index contributed by atoms with van der Waals surface area (Å²) in [4.78, 5) is 11.1. The first-order valence-electron chi connectivity index (χ1n) is 4.67. The second-order valence-corrected chi connectivity index (χ2v) is 3.26. The number of carbonyl (C=O) groups is 1. The molecule has 0 radical (unpaired) electrons. The molecule has 0 spiro atoms. The van der Waals surface area contributed by atoms with Crippen molar-refractivity contribution in [3.63, 3.8) is 0 Å². The van der Waals surface area contributed by atoms with Gasteiger partial charge < -0.3 is 4.74 Å². The van der Waals surface area contributed by atoms with Gasteiger partial charge in [0.1, 0.15) is 12.4 Å². The normalized spacial score (nSPS) is 8.88. The van der Waals surface area contributed by atoms with Crippen LogP contribution in [0.2, 0.25) is 0 Å². The number of hydrogen-bond donors (Lipinski definition) is 0. The molecular weight excluding hydrogens is 207 g/mol. The van der Waals surface area contributed by atoms with Crippen molar-refractivity contribution in [1.29, 1.82) is 0 Å². The lowest BCUT2D eigenvalue weighted by molar-refractivity contribution is -0.135. The molecule has 0 bridgehead atoms. The van der Waals surface area contributed by atoms with E-state index in [1.165, 1.54) is 12.1 Å². The van der Waals surface area contributed by atoms with Crippen LogP contribution >= 0.6 is 0 Å². The number of esters is 1. The van der Waals surface area contributed by atoms with Crippen molar-refractivity contribution in [3.05, 3.63) is 47.8 Å². The summed E-state index contributed by atoms with van der Waals surface area (Å²) in [5, 5.41) is 0. The van der Waals surface area contributed by atoms with Crippen molar-refractivity contribution in [2.24, 2.45) is 0 Å². The molecule has 0 aliphatic rings. The Morgan fingerprint density at radius 2 is 2.19 bits per heavy atom. The van der Waals surface area contributed by atoms with Crippen LogP contribution in [0, 0.1) is 17.7 Å². The van der Waals surface area contributed by atoms with E-state index in [1.807, 2.05) is 0 Å². The molecule has 0 amide bonds. The van der Waals surface area contributed by atoms with E-state index < -0.39 is 11.8 Å². The van der Waals surface area contributed by atoms with Crippen LogP contribution in [0.5, 0.6) is 0 Å². The van der Waals surface area contributed by atoms with Crippen molar-refractivity contribution >= 4 is 5.97 Å². The predicted octanol–water partition coefficient (Wildman–Crippen LogP) is 2.30.